The predicted molar refractivity (Wildman–Crippen MR) is 89.2 cm³/mol. The molecule has 2 aliphatic rings. The Kier molecular flexibility index (Phi) is 4.14. The van der Waals surface area contributed by atoms with Gasteiger partial charge in [0.1, 0.15) is 6.04 Å². The number of hydrogen-bond acceptors (Lipinski definition) is 6. The highest BCUT2D eigenvalue weighted by Crippen LogP contribution is 2.37. The van der Waals surface area contributed by atoms with Gasteiger partial charge >= 0.3 is 0 Å². The molecule has 0 aromatic carbocycles. The van der Waals surface area contributed by atoms with Gasteiger partial charge < -0.3 is 14.2 Å². The van der Waals surface area contributed by atoms with Gasteiger partial charge in [-0.3, -0.25) is 4.79 Å². The van der Waals surface area contributed by atoms with Crippen LogP contribution >= 0.6 is 11.3 Å². The number of carbonyl (C=O) groups is 1. The summed E-state index contributed by atoms with van der Waals surface area (Å²) in [6.07, 6.45) is 5.18. The number of hydrogen-bond donors (Lipinski definition) is 0. The molecule has 7 heteroatoms. The van der Waals surface area contributed by atoms with E-state index in [1.165, 1.54) is 16.9 Å². The van der Waals surface area contributed by atoms with E-state index in [-0.39, 0.29) is 18.1 Å². The van der Waals surface area contributed by atoms with Crippen LogP contribution in [-0.4, -0.2) is 40.7 Å². The number of amides is 1. The normalized spacial score (nSPS) is 23.5. The number of nitrogens with zero attached hydrogens (tertiary/aromatic N) is 3. The number of aryl methyl sites for hydroxylation is 2. The van der Waals surface area contributed by atoms with Crippen LogP contribution in [0.3, 0.4) is 0 Å². The first-order valence-electron chi connectivity index (χ1n) is 8.40. The number of ether oxygens (including phenoxy) is 1. The molecule has 2 aromatic rings. The average molecular weight is 347 g/mol. The third-order valence-corrected chi connectivity index (χ3v) is 6.07. The lowest BCUT2D eigenvalue weighted by molar-refractivity contribution is 0.0670. The number of aromatic nitrogens is 2. The predicted octanol–water partition coefficient (Wildman–Crippen LogP) is 2.92. The molecule has 24 heavy (non-hydrogen) atoms. The quantitative estimate of drug-likeness (QED) is 0.854. The van der Waals surface area contributed by atoms with Crippen molar-refractivity contribution in [3.05, 3.63) is 33.1 Å². The lowest BCUT2D eigenvalue weighted by Gasteiger charge is -2.22. The van der Waals surface area contributed by atoms with E-state index < -0.39 is 0 Å². The van der Waals surface area contributed by atoms with Crippen molar-refractivity contribution in [2.24, 2.45) is 0 Å². The van der Waals surface area contributed by atoms with Crippen LogP contribution in [0.1, 0.15) is 57.8 Å². The fourth-order valence-electron chi connectivity index (χ4n) is 3.70. The topological polar surface area (TPSA) is 68.5 Å². The summed E-state index contributed by atoms with van der Waals surface area (Å²) in [5, 5.41) is 5.90. The van der Waals surface area contributed by atoms with Crippen LogP contribution in [-0.2, 0) is 17.6 Å². The Morgan fingerprint density at radius 3 is 3.00 bits per heavy atom. The van der Waals surface area contributed by atoms with Crippen LogP contribution in [0.25, 0.3) is 0 Å². The summed E-state index contributed by atoms with van der Waals surface area (Å²) >= 11 is 1.72. The monoisotopic (exact) mass is 347 g/mol. The van der Waals surface area contributed by atoms with Crippen molar-refractivity contribution in [1.82, 2.24) is 15.0 Å². The maximum Gasteiger partial charge on any atom is 0.255 e. The molecule has 0 radical (unpaired) electrons. The zero-order valence-electron chi connectivity index (χ0n) is 13.9. The lowest BCUT2D eigenvalue weighted by atomic mass is 9.95. The molecular weight excluding hydrogens is 326 g/mol. The van der Waals surface area contributed by atoms with Gasteiger partial charge in [-0.1, -0.05) is 5.16 Å². The molecule has 1 fully saturated rings. The minimum absolute atomic E-state index is 0.000572. The molecule has 4 rings (SSSR count). The van der Waals surface area contributed by atoms with Crippen molar-refractivity contribution in [2.75, 3.05) is 13.7 Å². The summed E-state index contributed by atoms with van der Waals surface area (Å²) in [6.45, 7) is 2.35. The SMILES string of the molecule is CO[C@@H]1C[C@H](c2nc(C)no2)N(C(=O)c2csc3c2CCCC3)C1. The Balaban J connectivity index is 1.65. The number of rotatable bonds is 3. The fourth-order valence-corrected chi connectivity index (χ4v) is 4.82. The van der Waals surface area contributed by atoms with E-state index in [0.717, 1.165) is 24.8 Å². The number of methoxy groups -OCH3 is 1. The first-order valence-corrected chi connectivity index (χ1v) is 9.28. The highest BCUT2D eigenvalue weighted by atomic mass is 32.1. The standard InChI is InChI=1S/C17H21N3O3S/c1-10-18-16(23-19-10)14-7-11(22-2)8-20(14)17(21)13-9-24-15-6-4-3-5-12(13)15/h9,11,14H,3-8H2,1-2H3/t11-,14-/m1/s1. The summed E-state index contributed by atoms with van der Waals surface area (Å²) in [6, 6.07) is -0.206. The van der Waals surface area contributed by atoms with Crippen molar-refractivity contribution in [2.45, 2.75) is 51.2 Å². The maximum atomic E-state index is 13.2. The van der Waals surface area contributed by atoms with Gasteiger partial charge in [0.05, 0.1) is 11.7 Å². The molecule has 128 valence electrons. The summed E-state index contributed by atoms with van der Waals surface area (Å²) in [4.78, 5) is 20.8. The Morgan fingerprint density at radius 1 is 1.42 bits per heavy atom. The molecule has 1 saturated heterocycles. The lowest BCUT2D eigenvalue weighted by Crippen LogP contribution is -2.32. The Labute approximate surface area is 144 Å². The molecule has 0 saturated carbocycles. The first-order chi connectivity index (χ1) is 11.7. The van der Waals surface area contributed by atoms with Crippen LogP contribution < -0.4 is 0 Å². The fraction of sp³-hybridized carbons (Fsp3) is 0.588. The van der Waals surface area contributed by atoms with Crippen LogP contribution in [0.4, 0.5) is 0 Å². The van der Waals surface area contributed by atoms with E-state index >= 15 is 0 Å². The second-order valence-corrected chi connectivity index (χ2v) is 7.47. The zero-order valence-corrected chi connectivity index (χ0v) is 14.8. The second kappa shape index (κ2) is 6.29. The highest BCUT2D eigenvalue weighted by Gasteiger charge is 2.40. The molecule has 1 amide bonds. The van der Waals surface area contributed by atoms with Gasteiger partial charge in [-0.2, -0.15) is 4.98 Å². The molecule has 0 spiro atoms. The number of thiophene rings is 1. The molecule has 2 aromatic heterocycles. The van der Waals surface area contributed by atoms with E-state index in [1.54, 1.807) is 25.4 Å². The van der Waals surface area contributed by atoms with Gasteiger partial charge in [0.25, 0.3) is 5.91 Å². The van der Waals surface area contributed by atoms with E-state index in [4.69, 9.17) is 9.26 Å². The van der Waals surface area contributed by atoms with E-state index in [2.05, 4.69) is 10.1 Å². The highest BCUT2D eigenvalue weighted by molar-refractivity contribution is 7.10. The summed E-state index contributed by atoms with van der Waals surface area (Å²) < 4.78 is 10.8. The van der Waals surface area contributed by atoms with Gasteiger partial charge in [0.2, 0.25) is 5.89 Å². The molecule has 0 unspecified atom stereocenters. The molecule has 6 nitrogen and oxygen atoms in total. The van der Waals surface area contributed by atoms with Crippen LogP contribution in [0, 0.1) is 6.92 Å². The smallest absolute Gasteiger partial charge is 0.255 e. The second-order valence-electron chi connectivity index (χ2n) is 6.50. The largest absolute Gasteiger partial charge is 0.380 e. The first kappa shape index (κ1) is 15.8. The maximum absolute atomic E-state index is 13.2. The third-order valence-electron chi connectivity index (χ3n) is 4.98. The Morgan fingerprint density at radius 2 is 2.25 bits per heavy atom. The minimum Gasteiger partial charge on any atom is -0.380 e. The number of likely N-dealkylation sites (tertiary alicyclic amines) is 1. The number of fused-ring (bicyclic) bond motifs is 1. The van der Waals surface area contributed by atoms with Gasteiger partial charge in [-0.05, 0) is 38.2 Å². The summed E-state index contributed by atoms with van der Waals surface area (Å²) in [5.74, 6) is 1.16. The van der Waals surface area contributed by atoms with Gasteiger partial charge in [-0.15, -0.1) is 11.3 Å². The van der Waals surface area contributed by atoms with E-state index in [0.29, 0.717) is 24.7 Å². The molecule has 1 aliphatic carbocycles. The van der Waals surface area contributed by atoms with Crippen molar-refractivity contribution in [3.63, 3.8) is 0 Å². The Hall–Kier alpha value is -1.73. The van der Waals surface area contributed by atoms with Crippen molar-refractivity contribution < 1.29 is 14.1 Å². The van der Waals surface area contributed by atoms with E-state index in [1.807, 2.05) is 10.3 Å². The minimum atomic E-state index is -0.206. The molecule has 2 atom stereocenters. The molecule has 1 aliphatic heterocycles. The van der Waals surface area contributed by atoms with Crippen LogP contribution in [0.5, 0.6) is 0 Å². The van der Waals surface area contributed by atoms with Crippen LogP contribution in [0.15, 0.2) is 9.90 Å². The molecule has 0 N–H and O–H groups in total. The molecule has 3 heterocycles. The average Bonchev–Trinajstić information content (AvgIpc) is 3.31. The molecular formula is C17H21N3O3S. The van der Waals surface area contributed by atoms with Crippen molar-refractivity contribution >= 4 is 17.2 Å². The third kappa shape index (κ3) is 2.65. The van der Waals surface area contributed by atoms with Crippen molar-refractivity contribution in [1.29, 1.82) is 0 Å². The Bertz CT molecular complexity index is 754. The molecule has 0 bridgehead atoms. The van der Waals surface area contributed by atoms with Gasteiger partial charge in [0.15, 0.2) is 5.82 Å². The van der Waals surface area contributed by atoms with Crippen LogP contribution in [0.2, 0.25) is 0 Å². The summed E-state index contributed by atoms with van der Waals surface area (Å²) in [7, 11) is 1.68. The van der Waals surface area contributed by atoms with E-state index in [9.17, 15) is 4.79 Å². The van der Waals surface area contributed by atoms with Crippen molar-refractivity contribution in [3.8, 4) is 0 Å². The van der Waals surface area contributed by atoms with Gasteiger partial charge in [-0.25, -0.2) is 0 Å². The van der Waals surface area contributed by atoms with Gasteiger partial charge in [0, 0.05) is 30.3 Å². The zero-order chi connectivity index (χ0) is 16.7. The summed E-state index contributed by atoms with van der Waals surface area (Å²) in [5.41, 5.74) is 2.10. The number of carbonyl (C=O) groups excluding carboxylic acids is 1.